The molecule has 4 rings (SSSR count). The Morgan fingerprint density at radius 3 is 2.38 bits per heavy atom. The van der Waals surface area contributed by atoms with E-state index >= 15 is 0 Å². The Kier molecular flexibility index (Phi) is 2.96. The number of fused-ring (bicyclic) bond motifs is 1. The highest BCUT2D eigenvalue weighted by atomic mass is 15.3. The van der Waals surface area contributed by atoms with Gasteiger partial charge in [-0.25, -0.2) is 9.50 Å². The summed E-state index contributed by atoms with van der Waals surface area (Å²) in [5.74, 6) is 1.04. The monoisotopic (exact) mass is 279 g/mol. The SMILES string of the molecule is c1ccc(N2CCN(c3ccn4nccc4n3)CC2)cc1. The summed E-state index contributed by atoms with van der Waals surface area (Å²) in [4.78, 5) is 9.43. The van der Waals surface area contributed by atoms with Crippen molar-refractivity contribution in [1.29, 1.82) is 0 Å². The molecule has 0 radical (unpaired) electrons. The fraction of sp³-hybridized carbons (Fsp3) is 0.250. The maximum atomic E-state index is 4.66. The number of nitrogens with zero attached hydrogens (tertiary/aromatic N) is 5. The van der Waals surface area contributed by atoms with Crippen molar-refractivity contribution in [2.75, 3.05) is 36.0 Å². The van der Waals surface area contributed by atoms with Crippen LogP contribution in [-0.4, -0.2) is 40.8 Å². The topological polar surface area (TPSA) is 36.7 Å². The van der Waals surface area contributed by atoms with Crippen LogP contribution in [0, 0.1) is 0 Å². The summed E-state index contributed by atoms with van der Waals surface area (Å²) in [7, 11) is 0. The molecule has 1 saturated heterocycles. The molecule has 0 spiro atoms. The average molecular weight is 279 g/mol. The van der Waals surface area contributed by atoms with Crippen molar-refractivity contribution < 1.29 is 0 Å². The summed E-state index contributed by atoms with van der Waals surface area (Å²) in [6, 6.07) is 14.6. The zero-order chi connectivity index (χ0) is 14.1. The first-order valence-electron chi connectivity index (χ1n) is 7.25. The summed E-state index contributed by atoms with van der Waals surface area (Å²) >= 11 is 0. The van der Waals surface area contributed by atoms with Gasteiger partial charge in [0.25, 0.3) is 0 Å². The maximum Gasteiger partial charge on any atom is 0.157 e. The number of aromatic nitrogens is 3. The van der Waals surface area contributed by atoms with E-state index in [1.807, 2.05) is 18.3 Å². The quantitative estimate of drug-likeness (QED) is 0.719. The van der Waals surface area contributed by atoms with Crippen LogP contribution >= 0.6 is 0 Å². The average Bonchev–Trinajstić information content (AvgIpc) is 3.03. The van der Waals surface area contributed by atoms with E-state index in [9.17, 15) is 0 Å². The summed E-state index contributed by atoms with van der Waals surface area (Å²) in [6.45, 7) is 4.03. The largest absolute Gasteiger partial charge is 0.368 e. The van der Waals surface area contributed by atoms with Crippen molar-refractivity contribution >= 4 is 17.2 Å². The molecule has 1 fully saturated rings. The van der Waals surface area contributed by atoms with Crippen LogP contribution in [0.3, 0.4) is 0 Å². The van der Waals surface area contributed by atoms with Gasteiger partial charge in [0.05, 0.1) is 6.20 Å². The molecule has 1 aliphatic heterocycles. The van der Waals surface area contributed by atoms with Gasteiger partial charge in [0.1, 0.15) is 5.82 Å². The fourth-order valence-electron chi connectivity index (χ4n) is 2.81. The van der Waals surface area contributed by atoms with E-state index in [0.29, 0.717) is 0 Å². The van der Waals surface area contributed by atoms with Crippen molar-refractivity contribution in [2.24, 2.45) is 0 Å². The molecule has 3 aromatic rings. The third-order valence-electron chi connectivity index (χ3n) is 3.97. The van der Waals surface area contributed by atoms with Gasteiger partial charge in [-0.2, -0.15) is 5.10 Å². The third kappa shape index (κ3) is 2.31. The number of hydrogen-bond donors (Lipinski definition) is 0. The number of anilines is 2. The fourth-order valence-corrected chi connectivity index (χ4v) is 2.81. The van der Waals surface area contributed by atoms with Crippen LogP contribution in [0.25, 0.3) is 5.65 Å². The molecule has 0 N–H and O–H groups in total. The molecule has 5 heteroatoms. The Labute approximate surface area is 123 Å². The van der Waals surface area contributed by atoms with Crippen LogP contribution < -0.4 is 9.80 Å². The molecule has 0 bridgehead atoms. The van der Waals surface area contributed by atoms with Crippen LogP contribution in [-0.2, 0) is 0 Å². The Hall–Kier alpha value is -2.56. The zero-order valence-corrected chi connectivity index (χ0v) is 11.8. The molecule has 0 unspecified atom stereocenters. The Morgan fingerprint density at radius 1 is 0.810 bits per heavy atom. The highest BCUT2D eigenvalue weighted by molar-refractivity contribution is 5.51. The van der Waals surface area contributed by atoms with E-state index in [1.54, 1.807) is 10.7 Å². The second-order valence-electron chi connectivity index (χ2n) is 5.23. The third-order valence-corrected chi connectivity index (χ3v) is 3.97. The van der Waals surface area contributed by atoms with E-state index in [4.69, 9.17) is 0 Å². The molecule has 21 heavy (non-hydrogen) atoms. The minimum Gasteiger partial charge on any atom is -0.368 e. The number of hydrogen-bond acceptors (Lipinski definition) is 4. The van der Waals surface area contributed by atoms with Crippen LogP contribution in [0.5, 0.6) is 0 Å². The lowest BCUT2D eigenvalue weighted by Gasteiger charge is -2.36. The van der Waals surface area contributed by atoms with Crippen molar-refractivity contribution in [2.45, 2.75) is 0 Å². The Morgan fingerprint density at radius 2 is 1.57 bits per heavy atom. The van der Waals surface area contributed by atoms with E-state index in [2.05, 4.69) is 50.2 Å². The number of piperazine rings is 1. The van der Waals surface area contributed by atoms with Crippen molar-refractivity contribution in [3.63, 3.8) is 0 Å². The van der Waals surface area contributed by atoms with Gasteiger partial charge >= 0.3 is 0 Å². The van der Waals surface area contributed by atoms with Gasteiger partial charge in [0.15, 0.2) is 5.65 Å². The van der Waals surface area contributed by atoms with E-state index in [-0.39, 0.29) is 0 Å². The normalized spacial score (nSPS) is 15.6. The first-order chi connectivity index (χ1) is 10.4. The lowest BCUT2D eigenvalue weighted by molar-refractivity contribution is 0.647. The smallest absolute Gasteiger partial charge is 0.157 e. The summed E-state index contributed by atoms with van der Waals surface area (Å²) in [6.07, 6.45) is 3.75. The van der Waals surface area contributed by atoms with Gasteiger partial charge in [0, 0.05) is 44.1 Å². The van der Waals surface area contributed by atoms with Crippen molar-refractivity contribution in [1.82, 2.24) is 14.6 Å². The molecule has 0 saturated carbocycles. The minimum atomic E-state index is 0.901. The molecule has 1 aliphatic rings. The Balaban J connectivity index is 1.49. The van der Waals surface area contributed by atoms with E-state index in [1.165, 1.54) is 5.69 Å². The minimum absolute atomic E-state index is 0.901. The summed E-state index contributed by atoms with van der Waals surface area (Å²) < 4.78 is 1.80. The number of para-hydroxylation sites is 1. The van der Waals surface area contributed by atoms with Crippen LogP contribution in [0.15, 0.2) is 54.9 Å². The highest BCUT2D eigenvalue weighted by Gasteiger charge is 2.18. The standard InChI is InChI=1S/C16H17N5/c1-2-4-14(5-3-1)19-10-12-20(13-11-19)15-7-9-21-16(18-15)6-8-17-21/h1-9H,10-13H2. The van der Waals surface area contributed by atoms with Crippen LogP contribution in [0.2, 0.25) is 0 Å². The van der Waals surface area contributed by atoms with Crippen LogP contribution in [0.4, 0.5) is 11.5 Å². The predicted molar refractivity (Wildman–Crippen MR) is 83.9 cm³/mol. The Bertz CT molecular complexity index is 729. The van der Waals surface area contributed by atoms with E-state index < -0.39 is 0 Å². The van der Waals surface area contributed by atoms with Gasteiger partial charge in [-0.3, -0.25) is 0 Å². The summed E-state index contributed by atoms with van der Waals surface area (Å²) in [5, 5.41) is 4.18. The van der Waals surface area contributed by atoms with Crippen LogP contribution in [0.1, 0.15) is 0 Å². The van der Waals surface area contributed by atoms with E-state index in [0.717, 1.165) is 37.6 Å². The predicted octanol–water partition coefficient (Wildman–Crippen LogP) is 2.06. The number of benzene rings is 1. The molecule has 0 aliphatic carbocycles. The molecule has 0 atom stereocenters. The first-order valence-corrected chi connectivity index (χ1v) is 7.25. The van der Waals surface area contributed by atoms with Crippen molar-refractivity contribution in [3.05, 3.63) is 54.9 Å². The highest BCUT2D eigenvalue weighted by Crippen LogP contribution is 2.19. The molecular formula is C16H17N5. The zero-order valence-electron chi connectivity index (χ0n) is 11.8. The lowest BCUT2D eigenvalue weighted by Crippen LogP contribution is -2.46. The van der Waals surface area contributed by atoms with Gasteiger partial charge in [0.2, 0.25) is 0 Å². The van der Waals surface area contributed by atoms with Crippen molar-refractivity contribution in [3.8, 4) is 0 Å². The second kappa shape index (κ2) is 5.09. The second-order valence-corrected chi connectivity index (χ2v) is 5.23. The van der Waals surface area contributed by atoms with Gasteiger partial charge in [-0.05, 0) is 18.2 Å². The molecule has 5 nitrogen and oxygen atoms in total. The number of rotatable bonds is 2. The maximum absolute atomic E-state index is 4.66. The molecule has 3 heterocycles. The first kappa shape index (κ1) is 12.2. The summed E-state index contributed by atoms with van der Waals surface area (Å²) in [5.41, 5.74) is 2.20. The van der Waals surface area contributed by atoms with Gasteiger partial charge in [-0.1, -0.05) is 18.2 Å². The lowest BCUT2D eigenvalue weighted by atomic mass is 10.2. The molecular weight excluding hydrogens is 262 g/mol. The molecule has 2 aromatic heterocycles. The molecule has 106 valence electrons. The molecule has 0 amide bonds. The van der Waals surface area contributed by atoms with Gasteiger partial charge in [-0.15, -0.1) is 0 Å². The van der Waals surface area contributed by atoms with Gasteiger partial charge < -0.3 is 9.80 Å². The molecule has 1 aromatic carbocycles.